The predicted molar refractivity (Wildman–Crippen MR) is 122 cm³/mol. The number of hydrogen-bond acceptors (Lipinski definition) is 4. The first-order valence-electron chi connectivity index (χ1n) is 9.98. The van der Waals surface area contributed by atoms with Crippen LogP contribution in [0.15, 0.2) is 30.3 Å². The van der Waals surface area contributed by atoms with Gasteiger partial charge in [-0.15, -0.1) is 0 Å². The Kier molecular flexibility index (Phi) is 5.54. The number of fused-ring (bicyclic) bond motifs is 1. The second-order valence-electron chi connectivity index (χ2n) is 7.57. The molecule has 0 aliphatic carbocycles. The van der Waals surface area contributed by atoms with Crippen molar-refractivity contribution in [1.82, 2.24) is 4.57 Å². The molecule has 1 fully saturated rings. The minimum atomic E-state index is -0.356. The fourth-order valence-electron chi connectivity index (χ4n) is 4.10. The fourth-order valence-corrected chi connectivity index (χ4v) is 4.34. The number of carbonyl (C=O) groups is 2. The summed E-state index contributed by atoms with van der Waals surface area (Å²) in [4.78, 5) is 27.8. The highest BCUT2D eigenvalue weighted by molar-refractivity contribution is 6.32. The van der Waals surface area contributed by atoms with Crippen LogP contribution in [0.2, 0.25) is 5.02 Å². The molecular formula is C23H24ClN3O4. The van der Waals surface area contributed by atoms with E-state index in [-0.39, 0.29) is 11.8 Å². The highest BCUT2D eigenvalue weighted by atomic mass is 35.5. The van der Waals surface area contributed by atoms with Gasteiger partial charge in [0.2, 0.25) is 5.91 Å². The molecule has 1 saturated heterocycles. The maximum Gasteiger partial charge on any atom is 0.274 e. The van der Waals surface area contributed by atoms with Crippen LogP contribution >= 0.6 is 11.6 Å². The molecule has 0 unspecified atom stereocenters. The summed E-state index contributed by atoms with van der Waals surface area (Å²) in [5.41, 5.74) is 3.40. The van der Waals surface area contributed by atoms with Crippen LogP contribution in [0, 0.1) is 6.92 Å². The van der Waals surface area contributed by atoms with E-state index in [1.165, 1.54) is 14.2 Å². The molecule has 0 radical (unpaired) electrons. The molecule has 4 rings (SSSR count). The SMILES string of the molecule is COc1cc(OC)c(NC(=O)c2c(N3CCCC3=O)c3cc(C)ccc3n2C)cc1Cl. The van der Waals surface area contributed by atoms with Crippen molar-refractivity contribution < 1.29 is 19.1 Å². The van der Waals surface area contributed by atoms with Crippen molar-refractivity contribution in [3.8, 4) is 11.5 Å². The Balaban J connectivity index is 1.84. The highest BCUT2D eigenvalue weighted by Crippen LogP contribution is 2.39. The summed E-state index contributed by atoms with van der Waals surface area (Å²) in [6.07, 6.45) is 1.25. The Morgan fingerprint density at radius 1 is 1.13 bits per heavy atom. The number of hydrogen-bond donors (Lipinski definition) is 1. The van der Waals surface area contributed by atoms with E-state index in [9.17, 15) is 9.59 Å². The van der Waals surface area contributed by atoms with Crippen LogP contribution in [0.4, 0.5) is 11.4 Å². The van der Waals surface area contributed by atoms with Gasteiger partial charge in [0.05, 0.1) is 36.1 Å². The van der Waals surface area contributed by atoms with Gasteiger partial charge in [0.15, 0.2) is 0 Å². The van der Waals surface area contributed by atoms with Gasteiger partial charge in [-0.25, -0.2) is 0 Å². The number of carbonyl (C=O) groups excluding carboxylic acids is 2. The molecule has 0 atom stereocenters. The molecule has 2 amide bonds. The van der Waals surface area contributed by atoms with Crippen molar-refractivity contribution in [1.29, 1.82) is 0 Å². The maximum absolute atomic E-state index is 13.5. The van der Waals surface area contributed by atoms with Crippen LogP contribution in [0.1, 0.15) is 28.9 Å². The number of nitrogens with one attached hydrogen (secondary N) is 1. The first-order chi connectivity index (χ1) is 14.8. The van der Waals surface area contributed by atoms with Gasteiger partial charge >= 0.3 is 0 Å². The quantitative estimate of drug-likeness (QED) is 0.631. The Hall–Kier alpha value is -3.19. The van der Waals surface area contributed by atoms with Crippen molar-refractivity contribution in [2.24, 2.45) is 7.05 Å². The number of aromatic nitrogens is 1. The van der Waals surface area contributed by atoms with Crippen molar-refractivity contribution >= 4 is 45.7 Å². The molecule has 1 aliphatic rings. The van der Waals surface area contributed by atoms with E-state index in [2.05, 4.69) is 5.32 Å². The summed E-state index contributed by atoms with van der Waals surface area (Å²) >= 11 is 6.26. The topological polar surface area (TPSA) is 72.8 Å². The third-order valence-electron chi connectivity index (χ3n) is 5.61. The fraction of sp³-hybridized carbons (Fsp3) is 0.304. The third kappa shape index (κ3) is 3.59. The van der Waals surface area contributed by atoms with Crippen molar-refractivity contribution in [2.45, 2.75) is 19.8 Å². The lowest BCUT2D eigenvalue weighted by Crippen LogP contribution is -2.27. The van der Waals surface area contributed by atoms with Gasteiger partial charge < -0.3 is 24.3 Å². The monoisotopic (exact) mass is 441 g/mol. The zero-order valence-corrected chi connectivity index (χ0v) is 18.7. The molecule has 0 spiro atoms. The molecule has 0 saturated carbocycles. The number of amides is 2. The average Bonchev–Trinajstić information content (AvgIpc) is 3.28. The lowest BCUT2D eigenvalue weighted by atomic mass is 10.1. The Labute approximate surface area is 185 Å². The highest BCUT2D eigenvalue weighted by Gasteiger charge is 2.31. The van der Waals surface area contributed by atoms with Crippen LogP contribution in [-0.2, 0) is 11.8 Å². The second-order valence-corrected chi connectivity index (χ2v) is 7.97. The van der Waals surface area contributed by atoms with E-state index >= 15 is 0 Å². The zero-order valence-electron chi connectivity index (χ0n) is 17.9. The van der Waals surface area contributed by atoms with Crippen molar-refractivity contribution in [3.05, 3.63) is 46.6 Å². The number of rotatable bonds is 5. The van der Waals surface area contributed by atoms with Gasteiger partial charge in [-0.2, -0.15) is 0 Å². The summed E-state index contributed by atoms with van der Waals surface area (Å²) in [5.74, 6) is 0.529. The van der Waals surface area contributed by atoms with Crippen LogP contribution < -0.4 is 19.7 Å². The summed E-state index contributed by atoms with van der Waals surface area (Å²) in [5, 5.41) is 4.13. The molecule has 1 aliphatic heterocycles. The number of aryl methyl sites for hydroxylation is 2. The average molecular weight is 442 g/mol. The molecule has 1 aromatic heterocycles. The van der Waals surface area contributed by atoms with E-state index < -0.39 is 0 Å². The van der Waals surface area contributed by atoms with Crippen LogP contribution in [0.3, 0.4) is 0 Å². The first-order valence-corrected chi connectivity index (χ1v) is 10.4. The predicted octanol–water partition coefficient (Wildman–Crippen LogP) is 4.54. The van der Waals surface area contributed by atoms with E-state index in [4.69, 9.17) is 21.1 Å². The van der Waals surface area contributed by atoms with E-state index in [0.29, 0.717) is 46.6 Å². The largest absolute Gasteiger partial charge is 0.495 e. The zero-order chi connectivity index (χ0) is 22.3. The second kappa shape index (κ2) is 8.15. The van der Waals surface area contributed by atoms with Crippen LogP contribution in [-0.4, -0.2) is 37.1 Å². The Bertz CT molecular complexity index is 1200. The van der Waals surface area contributed by atoms with Gasteiger partial charge in [0.25, 0.3) is 5.91 Å². The standard InChI is InChI=1S/C23H24ClN3O4/c1-13-7-8-17-14(10-13)21(27-9-5-6-20(27)28)22(26(17)2)23(29)25-16-11-15(24)18(30-3)12-19(16)31-4/h7-8,10-12H,5-6,9H2,1-4H3,(H,25,29). The number of nitrogens with zero attached hydrogens (tertiary/aromatic N) is 2. The van der Waals surface area contributed by atoms with Crippen LogP contribution in [0.25, 0.3) is 10.9 Å². The van der Waals surface area contributed by atoms with Crippen molar-refractivity contribution in [3.63, 3.8) is 0 Å². The number of ether oxygens (including phenoxy) is 2. The van der Waals surface area contributed by atoms with Crippen molar-refractivity contribution in [2.75, 3.05) is 31.0 Å². The number of halogens is 1. The number of anilines is 2. The third-order valence-corrected chi connectivity index (χ3v) is 5.90. The molecule has 31 heavy (non-hydrogen) atoms. The summed E-state index contributed by atoms with van der Waals surface area (Å²) < 4.78 is 12.5. The lowest BCUT2D eigenvalue weighted by molar-refractivity contribution is -0.117. The number of methoxy groups -OCH3 is 2. The summed E-state index contributed by atoms with van der Waals surface area (Å²) in [6.45, 7) is 2.58. The van der Waals surface area contributed by atoms with E-state index in [1.54, 1.807) is 17.0 Å². The van der Waals surface area contributed by atoms with Gasteiger partial charge in [-0.05, 0) is 31.5 Å². The molecule has 2 aromatic carbocycles. The molecular weight excluding hydrogens is 418 g/mol. The Morgan fingerprint density at radius 3 is 2.52 bits per heavy atom. The lowest BCUT2D eigenvalue weighted by Gasteiger charge is -2.18. The molecule has 2 heterocycles. The van der Waals surface area contributed by atoms with E-state index in [1.807, 2.05) is 36.7 Å². The first kappa shape index (κ1) is 21.1. The van der Waals surface area contributed by atoms with E-state index in [0.717, 1.165) is 22.9 Å². The molecule has 3 aromatic rings. The molecule has 7 nitrogen and oxygen atoms in total. The van der Waals surface area contributed by atoms with Gasteiger partial charge in [-0.3, -0.25) is 9.59 Å². The van der Waals surface area contributed by atoms with Gasteiger partial charge in [0, 0.05) is 31.5 Å². The molecule has 8 heteroatoms. The minimum absolute atomic E-state index is 0.0214. The maximum atomic E-state index is 13.5. The van der Waals surface area contributed by atoms with Gasteiger partial charge in [-0.1, -0.05) is 23.2 Å². The van der Waals surface area contributed by atoms with Gasteiger partial charge in [0.1, 0.15) is 17.2 Å². The number of benzene rings is 2. The molecule has 1 N–H and O–H groups in total. The smallest absolute Gasteiger partial charge is 0.274 e. The normalized spacial score (nSPS) is 13.7. The Morgan fingerprint density at radius 2 is 1.87 bits per heavy atom. The molecule has 0 bridgehead atoms. The minimum Gasteiger partial charge on any atom is -0.495 e. The summed E-state index contributed by atoms with van der Waals surface area (Å²) in [6, 6.07) is 9.18. The van der Waals surface area contributed by atoms with Crippen LogP contribution in [0.5, 0.6) is 11.5 Å². The summed E-state index contributed by atoms with van der Waals surface area (Å²) in [7, 11) is 4.84. The molecule has 162 valence electrons.